The molecule has 0 bridgehead atoms. The Hall–Kier alpha value is -2.47. The van der Waals surface area contributed by atoms with Crippen LogP contribution in [0.15, 0.2) is 47.3 Å². The molecule has 1 N–H and O–H groups in total. The first kappa shape index (κ1) is 18.9. The zero-order valence-electron chi connectivity index (χ0n) is 16.3. The highest BCUT2D eigenvalue weighted by Gasteiger charge is 2.50. The molecule has 1 saturated carbocycles. The van der Waals surface area contributed by atoms with E-state index in [9.17, 15) is 14.7 Å². The summed E-state index contributed by atoms with van der Waals surface area (Å²) in [5, 5.41) is 15.8. The number of carbonyl (C=O) groups excluding carboxylic acids is 1. The SMILES string of the molecule is Cc1ccc(=O)n(CC(=O)N2CC[C@](O)(c3ccccc3)[C@@H]3CCCC[C@H]32)n1. The summed E-state index contributed by atoms with van der Waals surface area (Å²) in [6.45, 7) is 2.25. The fourth-order valence-electron chi connectivity index (χ4n) is 4.96. The van der Waals surface area contributed by atoms with Gasteiger partial charge in [0.15, 0.2) is 0 Å². The molecule has 1 amide bonds. The minimum atomic E-state index is -0.901. The second-order valence-corrected chi connectivity index (χ2v) is 8.06. The third kappa shape index (κ3) is 3.37. The van der Waals surface area contributed by atoms with Gasteiger partial charge >= 0.3 is 0 Å². The Labute approximate surface area is 164 Å². The Balaban J connectivity index is 1.59. The molecule has 2 heterocycles. The highest BCUT2D eigenvalue weighted by atomic mass is 16.3. The lowest BCUT2D eigenvalue weighted by atomic mass is 9.66. The molecule has 1 aliphatic heterocycles. The van der Waals surface area contributed by atoms with Gasteiger partial charge in [0.05, 0.1) is 11.3 Å². The maximum atomic E-state index is 13.1. The van der Waals surface area contributed by atoms with Crippen LogP contribution in [0.3, 0.4) is 0 Å². The summed E-state index contributed by atoms with van der Waals surface area (Å²) >= 11 is 0. The molecular weight excluding hydrogens is 354 g/mol. The average Bonchev–Trinajstić information content (AvgIpc) is 2.72. The molecule has 1 aromatic carbocycles. The predicted molar refractivity (Wildman–Crippen MR) is 106 cm³/mol. The average molecular weight is 381 g/mol. The fourth-order valence-corrected chi connectivity index (χ4v) is 4.96. The van der Waals surface area contributed by atoms with Crippen molar-refractivity contribution in [2.24, 2.45) is 5.92 Å². The summed E-state index contributed by atoms with van der Waals surface area (Å²) < 4.78 is 1.24. The number of benzene rings is 1. The van der Waals surface area contributed by atoms with Crippen LogP contribution in [0.1, 0.15) is 43.4 Å². The third-order valence-corrected chi connectivity index (χ3v) is 6.36. The summed E-state index contributed by atoms with van der Waals surface area (Å²) in [6.07, 6.45) is 4.43. The Morgan fingerprint density at radius 2 is 1.93 bits per heavy atom. The van der Waals surface area contributed by atoms with Gasteiger partial charge in [-0.2, -0.15) is 5.10 Å². The van der Waals surface area contributed by atoms with Crippen molar-refractivity contribution >= 4 is 5.91 Å². The third-order valence-electron chi connectivity index (χ3n) is 6.36. The normalized spacial score (nSPS) is 27.3. The fraction of sp³-hybridized carbons (Fsp3) is 0.500. The number of fused-ring (bicyclic) bond motifs is 1. The Kier molecular flexibility index (Phi) is 5.06. The van der Waals surface area contributed by atoms with E-state index in [-0.39, 0.29) is 30.0 Å². The zero-order valence-corrected chi connectivity index (χ0v) is 16.3. The number of carbonyl (C=O) groups is 1. The summed E-state index contributed by atoms with van der Waals surface area (Å²) in [5.74, 6) is -0.0734. The zero-order chi connectivity index (χ0) is 19.7. The van der Waals surface area contributed by atoms with Crippen LogP contribution in [0.2, 0.25) is 0 Å². The molecule has 148 valence electrons. The maximum Gasteiger partial charge on any atom is 0.267 e. The molecule has 2 fully saturated rings. The molecule has 4 rings (SSSR count). The van der Waals surface area contributed by atoms with Crippen molar-refractivity contribution in [1.82, 2.24) is 14.7 Å². The van der Waals surface area contributed by atoms with Crippen molar-refractivity contribution in [2.45, 2.75) is 57.2 Å². The number of hydrogen-bond donors (Lipinski definition) is 1. The highest BCUT2D eigenvalue weighted by molar-refractivity contribution is 5.76. The van der Waals surface area contributed by atoms with E-state index in [1.54, 1.807) is 13.0 Å². The lowest BCUT2D eigenvalue weighted by Crippen LogP contribution is -2.59. The number of aliphatic hydroxyl groups is 1. The quantitative estimate of drug-likeness (QED) is 0.885. The molecule has 1 saturated heterocycles. The first-order chi connectivity index (χ1) is 13.5. The minimum Gasteiger partial charge on any atom is -0.385 e. The predicted octanol–water partition coefficient (Wildman–Crippen LogP) is 2.23. The molecular formula is C22H27N3O3. The van der Waals surface area contributed by atoms with Gasteiger partial charge in [0.25, 0.3) is 5.56 Å². The number of aryl methyl sites for hydroxylation is 1. The molecule has 1 aliphatic carbocycles. The minimum absolute atomic E-state index is 0.000664. The number of likely N-dealkylation sites (tertiary alicyclic amines) is 1. The van der Waals surface area contributed by atoms with Crippen LogP contribution in [-0.2, 0) is 16.9 Å². The Morgan fingerprint density at radius 3 is 2.71 bits per heavy atom. The van der Waals surface area contributed by atoms with E-state index in [0.717, 1.165) is 31.2 Å². The molecule has 2 aromatic rings. The molecule has 1 aromatic heterocycles. The van der Waals surface area contributed by atoms with E-state index in [0.29, 0.717) is 18.7 Å². The van der Waals surface area contributed by atoms with Gasteiger partial charge in [0.2, 0.25) is 5.91 Å². The largest absolute Gasteiger partial charge is 0.385 e. The van der Waals surface area contributed by atoms with E-state index < -0.39 is 5.60 Å². The van der Waals surface area contributed by atoms with Crippen molar-refractivity contribution in [3.05, 3.63) is 64.1 Å². The summed E-state index contributed by atoms with van der Waals surface area (Å²) in [7, 11) is 0. The summed E-state index contributed by atoms with van der Waals surface area (Å²) in [5.41, 5.74) is 0.481. The second-order valence-electron chi connectivity index (χ2n) is 8.06. The monoisotopic (exact) mass is 381 g/mol. The van der Waals surface area contributed by atoms with Gasteiger partial charge < -0.3 is 10.0 Å². The Morgan fingerprint density at radius 1 is 1.18 bits per heavy atom. The van der Waals surface area contributed by atoms with Crippen molar-refractivity contribution in [3.8, 4) is 0 Å². The van der Waals surface area contributed by atoms with Crippen molar-refractivity contribution in [2.75, 3.05) is 6.54 Å². The summed E-state index contributed by atoms with van der Waals surface area (Å²) in [6, 6.07) is 12.9. The molecule has 0 unspecified atom stereocenters. The lowest BCUT2D eigenvalue weighted by Gasteiger charge is -2.52. The van der Waals surface area contributed by atoms with Crippen LogP contribution in [0.5, 0.6) is 0 Å². The van der Waals surface area contributed by atoms with Crippen molar-refractivity contribution < 1.29 is 9.90 Å². The van der Waals surface area contributed by atoms with Gasteiger partial charge in [-0.25, -0.2) is 4.68 Å². The van der Waals surface area contributed by atoms with Gasteiger partial charge in [0, 0.05) is 24.6 Å². The molecule has 0 spiro atoms. The number of amides is 1. The standard InChI is InChI=1S/C22H27N3O3/c1-16-11-12-20(26)25(23-16)15-21(27)24-14-13-22(28,17-7-3-2-4-8-17)18-9-5-6-10-19(18)24/h2-4,7-8,11-12,18-19,28H,5-6,9-10,13-15H2,1H3/t18-,19-,22+/m1/s1. The van der Waals surface area contributed by atoms with Crippen LogP contribution in [0, 0.1) is 12.8 Å². The van der Waals surface area contributed by atoms with E-state index in [4.69, 9.17) is 0 Å². The number of nitrogens with zero attached hydrogens (tertiary/aromatic N) is 3. The number of piperidine rings is 1. The number of rotatable bonds is 3. The molecule has 28 heavy (non-hydrogen) atoms. The van der Waals surface area contributed by atoms with Crippen molar-refractivity contribution in [3.63, 3.8) is 0 Å². The molecule has 2 aliphatic rings. The number of aromatic nitrogens is 2. The van der Waals surface area contributed by atoms with Crippen LogP contribution < -0.4 is 5.56 Å². The van der Waals surface area contributed by atoms with Crippen LogP contribution in [-0.4, -0.2) is 38.3 Å². The van der Waals surface area contributed by atoms with Crippen LogP contribution >= 0.6 is 0 Å². The lowest BCUT2D eigenvalue weighted by molar-refractivity contribution is -0.155. The first-order valence-corrected chi connectivity index (χ1v) is 10.1. The number of hydrogen-bond acceptors (Lipinski definition) is 4. The molecule has 6 heteroatoms. The van der Waals surface area contributed by atoms with E-state index in [1.165, 1.54) is 10.7 Å². The second kappa shape index (κ2) is 7.51. The van der Waals surface area contributed by atoms with Crippen LogP contribution in [0.4, 0.5) is 0 Å². The molecule has 6 nitrogen and oxygen atoms in total. The van der Waals surface area contributed by atoms with E-state index in [1.807, 2.05) is 35.2 Å². The van der Waals surface area contributed by atoms with Gasteiger partial charge in [-0.1, -0.05) is 43.2 Å². The molecule has 3 atom stereocenters. The highest BCUT2D eigenvalue weighted by Crippen LogP contribution is 2.46. The Bertz CT molecular complexity index is 911. The van der Waals surface area contributed by atoms with E-state index >= 15 is 0 Å². The van der Waals surface area contributed by atoms with Gasteiger partial charge in [0.1, 0.15) is 6.54 Å². The van der Waals surface area contributed by atoms with Crippen molar-refractivity contribution in [1.29, 1.82) is 0 Å². The smallest absolute Gasteiger partial charge is 0.267 e. The van der Waals surface area contributed by atoms with Gasteiger partial charge in [-0.3, -0.25) is 9.59 Å². The van der Waals surface area contributed by atoms with Gasteiger partial charge in [-0.15, -0.1) is 0 Å². The maximum absolute atomic E-state index is 13.1. The van der Waals surface area contributed by atoms with Gasteiger partial charge in [-0.05, 0) is 37.8 Å². The topological polar surface area (TPSA) is 75.4 Å². The molecule has 0 radical (unpaired) electrons. The first-order valence-electron chi connectivity index (χ1n) is 10.1. The van der Waals surface area contributed by atoms with Crippen LogP contribution in [0.25, 0.3) is 0 Å². The van der Waals surface area contributed by atoms with E-state index in [2.05, 4.69) is 5.10 Å². The summed E-state index contributed by atoms with van der Waals surface area (Å²) in [4.78, 5) is 27.0.